The molecule has 32 heavy (non-hydrogen) atoms. The van der Waals surface area contributed by atoms with Gasteiger partial charge in [0, 0.05) is 13.3 Å². The summed E-state index contributed by atoms with van der Waals surface area (Å²) in [6, 6.07) is 0. The summed E-state index contributed by atoms with van der Waals surface area (Å²) >= 11 is 0. The minimum absolute atomic E-state index is 0.0352. The number of aliphatic hydroxyl groups is 1. The lowest BCUT2D eigenvalue weighted by atomic mass is 9.51. The predicted octanol–water partition coefficient (Wildman–Crippen LogP) is 0.231. The van der Waals surface area contributed by atoms with Gasteiger partial charge in [-0.1, -0.05) is 20.8 Å². The molecule has 0 radical (unpaired) electrons. The van der Waals surface area contributed by atoms with E-state index in [0.29, 0.717) is 6.42 Å². The highest BCUT2D eigenvalue weighted by Gasteiger charge is 3.01. The summed E-state index contributed by atoms with van der Waals surface area (Å²) in [5, 5.41) is 12.0. The molecule has 2 saturated carbocycles. The molecule has 0 aromatic rings. The second-order valence-electron chi connectivity index (χ2n) is 11.2. The zero-order valence-corrected chi connectivity index (χ0v) is 18.5. The Bertz CT molecular complexity index is 999. The Balaban J connectivity index is 1.67. The van der Waals surface area contributed by atoms with Crippen molar-refractivity contribution in [3.05, 3.63) is 0 Å². The van der Waals surface area contributed by atoms with Gasteiger partial charge in [0.25, 0.3) is 0 Å². The molecule has 2 spiro atoms. The molecule has 10 heteroatoms. The van der Waals surface area contributed by atoms with Gasteiger partial charge in [0.15, 0.2) is 5.60 Å². The van der Waals surface area contributed by atoms with Gasteiger partial charge >= 0.3 is 23.9 Å². The summed E-state index contributed by atoms with van der Waals surface area (Å²) in [5.41, 5.74) is -6.99. The second kappa shape index (κ2) is 5.30. The van der Waals surface area contributed by atoms with Crippen molar-refractivity contribution in [2.75, 3.05) is 0 Å². The van der Waals surface area contributed by atoms with Gasteiger partial charge in [0.1, 0.15) is 12.2 Å². The van der Waals surface area contributed by atoms with Crippen molar-refractivity contribution in [3.8, 4) is 0 Å². The van der Waals surface area contributed by atoms with Gasteiger partial charge in [-0.3, -0.25) is 9.59 Å². The molecule has 0 bridgehead atoms. The maximum atomic E-state index is 13.5. The SMILES string of the molecule is CC(=O)O[C@H]1C(=O)OC2O[C@@]34C(=O)OC5C[C@@H](C(C)(C)C)C21[C@@]53C[C@@H]1OC(=O)[C@@H](C)[C@@]14O. The first-order valence-electron chi connectivity index (χ1n) is 11.0. The van der Waals surface area contributed by atoms with Gasteiger partial charge in [-0.15, -0.1) is 0 Å². The molecule has 10 atom stereocenters. The molecule has 4 aliphatic heterocycles. The lowest BCUT2D eigenvalue weighted by Gasteiger charge is -2.47. The zero-order valence-electron chi connectivity index (χ0n) is 18.5. The van der Waals surface area contributed by atoms with Gasteiger partial charge in [0.2, 0.25) is 18.0 Å². The highest BCUT2D eigenvalue weighted by Crippen LogP contribution is 2.84. The Morgan fingerprint density at radius 3 is 2.41 bits per heavy atom. The van der Waals surface area contributed by atoms with Crippen LogP contribution in [0.3, 0.4) is 0 Å². The van der Waals surface area contributed by atoms with Crippen LogP contribution in [0, 0.1) is 28.1 Å². The van der Waals surface area contributed by atoms with Crippen molar-refractivity contribution in [2.45, 2.75) is 83.3 Å². The van der Waals surface area contributed by atoms with Gasteiger partial charge in [0.05, 0.1) is 16.7 Å². The third-order valence-corrected chi connectivity index (χ3v) is 9.22. The van der Waals surface area contributed by atoms with Gasteiger partial charge < -0.3 is 28.8 Å². The van der Waals surface area contributed by atoms with E-state index in [1.165, 1.54) is 13.8 Å². The summed E-state index contributed by atoms with van der Waals surface area (Å²) in [5.74, 6) is -4.25. The normalized spacial score (nSPS) is 54.5. The summed E-state index contributed by atoms with van der Waals surface area (Å²) in [6.45, 7) is 8.66. The van der Waals surface area contributed by atoms with E-state index in [0.717, 1.165) is 0 Å². The number of rotatable bonds is 1. The molecule has 0 aromatic carbocycles. The fourth-order valence-electron chi connectivity index (χ4n) is 8.35. The molecule has 3 unspecified atom stereocenters. The number of hydrogen-bond donors (Lipinski definition) is 1. The van der Waals surface area contributed by atoms with Crippen LogP contribution in [-0.2, 0) is 42.9 Å². The van der Waals surface area contributed by atoms with Crippen molar-refractivity contribution < 1.29 is 48.0 Å². The van der Waals surface area contributed by atoms with Crippen LogP contribution in [0.5, 0.6) is 0 Å². The van der Waals surface area contributed by atoms with Crippen LogP contribution in [0.1, 0.15) is 47.5 Å². The van der Waals surface area contributed by atoms with Crippen molar-refractivity contribution in [1.82, 2.24) is 0 Å². The van der Waals surface area contributed by atoms with Gasteiger partial charge in [-0.2, -0.15) is 0 Å². The Labute approximate surface area is 183 Å². The quantitative estimate of drug-likeness (QED) is 0.437. The zero-order chi connectivity index (χ0) is 23.2. The summed E-state index contributed by atoms with van der Waals surface area (Å²) in [6.07, 6.45) is -3.93. The summed E-state index contributed by atoms with van der Waals surface area (Å²) < 4.78 is 28.9. The summed E-state index contributed by atoms with van der Waals surface area (Å²) in [7, 11) is 0. The van der Waals surface area contributed by atoms with Gasteiger partial charge in [-0.05, 0) is 24.7 Å². The number of carbonyl (C=O) groups excluding carboxylic acids is 4. The Hall–Kier alpha value is -2.20. The smallest absolute Gasteiger partial charge is 0.350 e. The predicted molar refractivity (Wildman–Crippen MR) is 100 cm³/mol. The number of carbonyl (C=O) groups is 4. The first-order chi connectivity index (χ1) is 14.8. The molecular formula is C22H26O10. The fraction of sp³-hybridized carbons (Fsp3) is 0.818. The number of ether oxygens (including phenoxy) is 5. The minimum Gasteiger partial charge on any atom is -0.459 e. The van der Waals surface area contributed by atoms with Crippen LogP contribution < -0.4 is 0 Å². The number of fused-ring (bicyclic) bond motifs is 1. The molecule has 6 aliphatic rings. The van der Waals surface area contributed by atoms with E-state index in [-0.39, 0.29) is 12.3 Å². The van der Waals surface area contributed by atoms with Crippen LogP contribution in [0.25, 0.3) is 0 Å². The van der Waals surface area contributed by atoms with Crippen molar-refractivity contribution in [1.29, 1.82) is 0 Å². The fourth-order valence-corrected chi connectivity index (χ4v) is 8.35. The Morgan fingerprint density at radius 2 is 1.78 bits per heavy atom. The minimum atomic E-state index is -2.01. The highest BCUT2D eigenvalue weighted by atomic mass is 16.8. The number of esters is 4. The maximum absolute atomic E-state index is 13.5. The average Bonchev–Trinajstić information content (AvgIpc) is 3.37. The van der Waals surface area contributed by atoms with Gasteiger partial charge in [-0.25, -0.2) is 9.59 Å². The molecule has 174 valence electrons. The molecule has 0 amide bonds. The Kier molecular flexibility index (Phi) is 3.38. The molecule has 4 heterocycles. The molecular weight excluding hydrogens is 424 g/mol. The molecule has 0 aromatic heterocycles. The largest absolute Gasteiger partial charge is 0.459 e. The lowest BCUT2D eigenvalue weighted by molar-refractivity contribution is -0.238. The number of hydrogen-bond acceptors (Lipinski definition) is 10. The van der Waals surface area contributed by atoms with Crippen LogP contribution in [0.2, 0.25) is 0 Å². The lowest BCUT2D eigenvalue weighted by Crippen LogP contribution is -2.66. The van der Waals surface area contributed by atoms with Crippen molar-refractivity contribution >= 4 is 23.9 Å². The molecule has 4 saturated heterocycles. The molecule has 6 rings (SSSR count). The first kappa shape index (κ1) is 20.4. The molecule has 6 fully saturated rings. The molecule has 10 nitrogen and oxygen atoms in total. The maximum Gasteiger partial charge on any atom is 0.350 e. The Morgan fingerprint density at radius 1 is 1.09 bits per heavy atom. The van der Waals surface area contributed by atoms with E-state index < -0.39 is 81.8 Å². The second-order valence-corrected chi connectivity index (χ2v) is 11.2. The van der Waals surface area contributed by atoms with E-state index in [9.17, 15) is 24.3 Å². The average molecular weight is 450 g/mol. The van der Waals surface area contributed by atoms with Crippen LogP contribution >= 0.6 is 0 Å². The van der Waals surface area contributed by atoms with Crippen molar-refractivity contribution in [2.24, 2.45) is 28.1 Å². The monoisotopic (exact) mass is 450 g/mol. The van der Waals surface area contributed by atoms with Crippen LogP contribution in [-0.4, -0.2) is 64.8 Å². The van der Waals surface area contributed by atoms with E-state index in [1.807, 2.05) is 20.8 Å². The summed E-state index contributed by atoms with van der Waals surface area (Å²) in [4.78, 5) is 51.0. The standard InChI is InChI=1S/C22H26O10/c1-8-14(24)29-12-7-19-11-6-10(18(3,4)5)20(19)13(28-9(2)23)15(25)31-17(20)32-22(19,16(26)30-11)21(8,12)27/h8,10-13,17,27H,6-7H2,1-5H3/t8-,10+,11?,12+,13+,17?,19-,20?,21-,22+/m1/s1. The molecule has 1 N–H and O–H groups in total. The topological polar surface area (TPSA) is 135 Å². The highest BCUT2D eigenvalue weighted by molar-refractivity contribution is 5.93. The van der Waals surface area contributed by atoms with Crippen LogP contribution in [0.4, 0.5) is 0 Å². The molecule has 2 aliphatic carbocycles. The first-order valence-corrected chi connectivity index (χ1v) is 11.0. The van der Waals surface area contributed by atoms with E-state index in [1.54, 1.807) is 0 Å². The third-order valence-electron chi connectivity index (χ3n) is 9.22. The van der Waals surface area contributed by atoms with E-state index >= 15 is 0 Å². The van der Waals surface area contributed by atoms with E-state index in [2.05, 4.69) is 0 Å². The van der Waals surface area contributed by atoms with Crippen LogP contribution in [0.15, 0.2) is 0 Å². The van der Waals surface area contributed by atoms with Crippen molar-refractivity contribution in [3.63, 3.8) is 0 Å². The third kappa shape index (κ3) is 1.63. The van der Waals surface area contributed by atoms with E-state index in [4.69, 9.17) is 23.7 Å².